The van der Waals surface area contributed by atoms with Crippen molar-refractivity contribution in [3.63, 3.8) is 0 Å². The van der Waals surface area contributed by atoms with E-state index in [1.54, 1.807) is 6.07 Å². The number of hydrogen-bond donors (Lipinski definition) is 0. The Hall–Kier alpha value is -2.60. The zero-order valence-corrected chi connectivity index (χ0v) is 16.0. The van der Waals surface area contributed by atoms with E-state index in [4.69, 9.17) is 0 Å². The maximum atomic E-state index is 13.3. The van der Waals surface area contributed by atoms with E-state index >= 15 is 0 Å². The summed E-state index contributed by atoms with van der Waals surface area (Å²) >= 11 is 0. The predicted octanol–water partition coefficient (Wildman–Crippen LogP) is 4.59. The van der Waals surface area contributed by atoms with E-state index in [1.165, 1.54) is 11.1 Å². The molecule has 1 aromatic heterocycles. The van der Waals surface area contributed by atoms with E-state index in [0.717, 1.165) is 44.5 Å². The molecule has 1 aliphatic heterocycles. The minimum Gasteiger partial charge on any atom is -0.355 e. The zero-order valence-electron chi connectivity index (χ0n) is 16.0. The van der Waals surface area contributed by atoms with E-state index in [9.17, 15) is 8.78 Å². The lowest BCUT2D eigenvalue weighted by atomic mass is 10.1. The van der Waals surface area contributed by atoms with Crippen LogP contribution in [0.2, 0.25) is 0 Å². The lowest BCUT2D eigenvalue weighted by molar-refractivity contribution is 0.141. The van der Waals surface area contributed by atoms with Crippen LogP contribution in [0.4, 0.5) is 14.6 Å². The first-order valence-electron chi connectivity index (χ1n) is 9.68. The minimum absolute atomic E-state index is 0.394. The quantitative estimate of drug-likeness (QED) is 0.661. The highest BCUT2D eigenvalue weighted by Gasteiger charge is 2.21. The first kappa shape index (κ1) is 18.7. The molecule has 0 aliphatic carbocycles. The molecule has 1 aliphatic rings. The topological polar surface area (TPSA) is 32.3 Å². The van der Waals surface area contributed by atoms with Gasteiger partial charge in [-0.25, -0.2) is 18.7 Å². The fourth-order valence-corrected chi connectivity index (χ4v) is 3.79. The molecule has 3 aromatic rings. The van der Waals surface area contributed by atoms with Gasteiger partial charge in [0.25, 0.3) is 6.43 Å². The highest BCUT2D eigenvalue weighted by molar-refractivity contribution is 5.89. The van der Waals surface area contributed by atoms with Gasteiger partial charge in [0.15, 0.2) is 5.82 Å². The molecule has 0 N–H and O–H groups in total. The van der Waals surface area contributed by atoms with Crippen LogP contribution in [-0.4, -0.2) is 41.0 Å². The first-order valence-corrected chi connectivity index (χ1v) is 9.68. The van der Waals surface area contributed by atoms with E-state index < -0.39 is 12.2 Å². The number of halogens is 2. The molecule has 2 heterocycles. The van der Waals surface area contributed by atoms with Crippen molar-refractivity contribution < 1.29 is 8.78 Å². The Balaban J connectivity index is 1.57. The third-order valence-electron chi connectivity index (χ3n) is 5.34. The fourth-order valence-electron chi connectivity index (χ4n) is 3.79. The van der Waals surface area contributed by atoms with Gasteiger partial charge in [-0.3, -0.25) is 4.90 Å². The molecule has 6 heteroatoms. The van der Waals surface area contributed by atoms with Crippen molar-refractivity contribution in [2.24, 2.45) is 0 Å². The first-order chi connectivity index (χ1) is 13.6. The molecule has 0 unspecified atom stereocenters. The summed E-state index contributed by atoms with van der Waals surface area (Å²) in [6, 6.07) is 15.9. The van der Waals surface area contributed by atoms with Crippen molar-refractivity contribution in [3.05, 3.63) is 65.5 Å². The summed E-state index contributed by atoms with van der Waals surface area (Å²) in [5.41, 5.74) is 3.21. The molecule has 4 nitrogen and oxygen atoms in total. The second kappa shape index (κ2) is 8.19. The van der Waals surface area contributed by atoms with Crippen LogP contribution in [0.25, 0.3) is 10.9 Å². The van der Waals surface area contributed by atoms with Gasteiger partial charge in [-0.2, -0.15) is 0 Å². The average molecular weight is 382 g/mol. The molecule has 146 valence electrons. The molecule has 1 saturated heterocycles. The maximum Gasteiger partial charge on any atom is 0.297 e. The Bertz CT molecular complexity index is 960. The van der Waals surface area contributed by atoms with Gasteiger partial charge in [0.2, 0.25) is 0 Å². The smallest absolute Gasteiger partial charge is 0.297 e. The van der Waals surface area contributed by atoms with Crippen molar-refractivity contribution in [1.29, 1.82) is 0 Å². The van der Waals surface area contributed by atoms with E-state index in [0.29, 0.717) is 11.3 Å². The number of para-hydroxylation sites is 1. The summed E-state index contributed by atoms with van der Waals surface area (Å²) in [6.45, 7) is 6.46. The van der Waals surface area contributed by atoms with Crippen LogP contribution in [0, 0.1) is 6.92 Å². The summed E-state index contributed by atoms with van der Waals surface area (Å²) < 4.78 is 26.6. The lowest BCUT2D eigenvalue weighted by Crippen LogP contribution is -2.31. The number of anilines is 1. The van der Waals surface area contributed by atoms with Crippen LogP contribution < -0.4 is 4.90 Å². The molecule has 0 bridgehead atoms. The molecule has 4 rings (SSSR count). The monoisotopic (exact) mass is 382 g/mol. The van der Waals surface area contributed by atoms with Gasteiger partial charge in [-0.1, -0.05) is 36.4 Å². The van der Waals surface area contributed by atoms with Crippen LogP contribution >= 0.6 is 0 Å². The van der Waals surface area contributed by atoms with Gasteiger partial charge in [-0.15, -0.1) is 0 Å². The average Bonchev–Trinajstić information content (AvgIpc) is 2.94. The van der Waals surface area contributed by atoms with Gasteiger partial charge < -0.3 is 4.90 Å². The number of rotatable bonds is 4. The molecule has 2 aromatic carbocycles. The third kappa shape index (κ3) is 3.97. The molecule has 1 fully saturated rings. The normalized spacial score (nSPS) is 15.9. The third-order valence-corrected chi connectivity index (χ3v) is 5.34. The minimum atomic E-state index is -2.67. The second-order valence-electron chi connectivity index (χ2n) is 7.27. The Labute approximate surface area is 163 Å². The predicted molar refractivity (Wildman–Crippen MR) is 108 cm³/mol. The Morgan fingerprint density at radius 2 is 1.71 bits per heavy atom. The summed E-state index contributed by atoms with van der Waals surface area (Å²) in [7, 11) is 0. The number of benzene rings is 2. The molecule has 0 amide bonds. The Morgan fingerprint density at radius 1 is 0.929 bits per heavy atom. The number of fused-ring (bicyclic) bond motifs is 1. The molecular formula is C22H24F2N4. The van der Waals surface area contributed by atoms with E-state index in [2.05, 4.69) is 51.0 Å². The molecule has 0 radical (unpaired) electrons. The molecule has 0 saturated carbocycles. The summed E-state index contributed by atoms with van der Waals surface area (Å²) in [5, 5.41) is 0.833. The molecule has 0 spiro atoms. The number of hydrogen-bond acceptors (Lipinski definition) is 4. The van der Waals surface area contributed by atoms with Gasteiger partial charge in [-0.05, 0) is 36.6 Å². The Kier molecular flexibility index (Phi) is 5.48. The van der Waals surface area contributed by atoms with E-state index in [1.807, 2.05) is 18.2 Å². The van der Waals surface area contributed by atoms with E-state index in [-0.39, 0.29) is 0 Å². The number of alkyl halides is 2. The van der Waals surface area contributed by atoms with Gasteiger partial charge in [0.05, 0.1) is 5.52 Å². The van der Waals surface area contributed by atoms with Crippen molar-refractivity contribution in [2.45, 2.75) is 26.3 Å². The summed E-state index contributed by atoms with van der Waals surface area (Å²) in [5.74, 6) is 0.230. The maximum absolute atomic E-state index is 13.3. The molecule has 0 atom stereocenters. The SMILES string of the molecule is Cc1ccccc1CN1CCCN(c2nc(C(F)F)nc3ccccc23)CC1. The number of nitrogens with zero attached hydrogens (tertiary/aromatic N) is 4. The van der Waals surface area contributed by atoms with Crippen molar-refractivity contribution in [1.82, 2.24) is 14.9 Å². The van der Waals surface area contributed by atoms with Crippen LogP contribution in [0.3, 0.4) is 0 Å². The van der Waals surface area contributed by atoms with Crippen molar-refractivity contribution in [3.8, 4) is 0 Å². The fraction of sp³-hybridized carbons (Fsp3) is 0.364. The van der Waals surface area contributed by atoms with Crippen molar-refractivity contribution >= 4 is 16.7 Å². The standard InChI is InChI=1S/C22H24F2N4/c1-16-7-2-3-8-17(16)15-27-11-6-12-28(14-13-27)22-18-9-4-5-10-19(18)25-21(26-22)20(23)24/h2-5,7-10,20H,6,11-15H2,1H3. The van der Waals surface area contributed by atoms with Crippen LogP contribution in [0.15, 0.2) is 48.5 Å². The number of aryl methyl sites for hydroxylation is 1. The van der Waals surface area contributed by atoms with Crippen LogP contribution in [0.1, 0.15) is 29.8 Å². The van der Waals surface area contributed by atoms with Crippen molar-refractivity contribution in [2.75, 3.05) is 31.1 Å². The zero-order chi connectivity index (χ0) is 19.5. The highest BCUT2D eigenvalue weighted by Crippen LogP contribution is 2.28. The lowest BCUT2D eigenvalue weighted by Gasteiger charge is -2.24. The van der Waals surface area contributed by atoms with Gasteiger partial charge in [0, 0.05) is 38.1 Å². The van der Waals surface area contributed by atoms with Gasteiger partial charge >= 0.3 is 0 Å². The summed E-state index contributed by atoms with van der Waals surface area (Å²) in [6.07, 6.45) is -1.71. The highest BCUT2D eigenvalue weighted by atomic mass is 19.3. The van der Waals surface area contributed by atoms with Crippen LogP contribution in [-0.2, 0) is 6.54 Å². The molecule has 28 heavy (non-hydrogen) atoms. The second-order valence-corrected chi connectivity index (χ2v) is 7.27. The molecular weight excluding hydrogens is 358 g/mol. The van der Waals surface area contributed by atoms with Crippen LogP contribution in [0.5, 0.6) is 0 Å². The summed E-state index contributed by atoms with van der Waals surface area (Å²) in [4.78, 5) is 12.8. The number of aromatic nitrogens is 2. The van der Waals surface area contributed by atoms with Gasteiger partial charge in [0.1, 0.15) is 5.82 Å². The largest absolute Gasteiger partial charge is 0.355 e. The Morgan fingerprint density at radius 3 is 2.54 bits per heavy atom.